The van der Waals surface area contributed by atoms with Gasteiger partial charge in [0.1, 0.15) is 12.4 Å². The van der Waals surface area contributed by atoms with E-state index in [1.165, 1.54) is 5.54 Å². The van der Waals surface area contributed by atoms with Crippen molar-refractivity contribution in [3.8, 4) is 5.75 Å². The van der Waals surface area contributed by atoms with Gasteiger partial charge in [0.05, 0.1) is 10.1 Å². The van der Waals surface area contributed by atoms with E-state index in [0.29, 0.717) is 15.8 Å². The zero-order valence-corrected chi connectivity index (χ0v) is 12.6. The maximum absolute atomic E-state index is 6.15. The van der Waals surface area contributed by atoms with Gasteiger partial charge in [-0.25, -0.2) is 0 Å². The van der Waals surface area contributed by atoms with Crippen molar-refractivity contribution in [1.29, 1.82) is 0 Å². The van der Waals surface area contributed by atoms with Gasteiger partial charge in [-0.15, -0.1) is 0 Å². The molecule has 0 radical (unpaired) electrons. The van der Waals surface area contributed by atoms with Crippen LogP contribution in [0.15, 0.2) is 28.8 Å². The van der Waals surface area contributed by atoms with Gasteiger partial charge in [-0.1, -0.05) is 47.8 Å². The van der Waals surface area contributed by atoms with Crippen LogP contribution in [0.5, 0.6) is 5.75 Å². The molecule has 0 saturated carbocycles. The molecule has 100 valence electrons. The third kappa shape index (κ3) is 4.69. The standard InChI is InChI=1S/C13H16Cl3NO/c1-3-17-9(2)10-4-5-13(12(16)6-10)18-8-11(15)7-14/h4-7,9,17H,3,8H2,1-2H3/b11-7-. The van der Waals surface area contributed by atoms with Gasteiger partial charge in [0, 0.05) is 11.6 Å². The lowest BCUT2D eigenvalue weighted by molar-refractivity contribution is 0.359. The molecule has 0 aromatic heterocycles. The third-order valence-electron chi connectivity index (χ3n) is 2.45. The molecule has 0 saturated heterocycles. The molecule has 0 aliphatic carbocycles. The van der Waals surface area contributed by atoms with Gasteiger partial charge in [0.25, 0.3) is 0 Å². The maximum atomic E-state index is 6.15. The number of hydrogen-bond donors (Lipinski definition) is 1. The van der Waals surface area contributed by atoms with Crippen molar-refractivity contribution < 1.29 is 4.74 Å². The minimum atomic E-state index is 0.215. The molecule has 2 nitrogen and oxygen atoms in total. The Morgan fingerprint density at radius 1 is 1.50 bits per heavy atom. The Bertz CT molecular complexity index is 421. The first-order chi connectivity index (χ1) is 8.58. The van der Waals surface area contributed by atoms with E-state index in [1.54, 1.807) is 0 Å². The Hall–Kier alpha value is -0.410. The second-order valence-corrected chi connectivity index (χ2v) is 4.92. The van der Waals surface area contributed by atoms with Crippen molar-refractivity contribution in [2.75, 3.05) is 13.2 Å². The number of hydrogen-bond acceptors (Lipinski definition) is 2. The average molecular weight is 309 g/mol. The molecule has 0 aliphatic rings. The molecular formula is C13H16Cl3NO. The molecule has 0 heterocycles. The lowest BCUT2D eigenvalue weighted by Gasteiger charge is -2.14. The highest BCUT2D eigenvalue weighted by atomic mass is 35.5. The van der Waals surface area contributed by atoms with Gasteiger partial charge in [-0.05, 0) is 31.2 Å². The number of halogens is 3. The molecule has 1 atom stereocenters. The van der Waals surface area contributed by atoms with Crippen LogP contribution in [0.2, 0.25) is 5.02 Å². The Morgan fingerprint density at radius 3 is 2.78 bits per heavy atom. The highest BCUT2D eigenvalue weighted by molar-refractivity contribution is 6.36. The summed E-state index contributed by atoms with van der Waals surface area (Å²) in [5.74, 6) is 0.598. The van der Waals surface area contributed by atoms with Gasteiger partial charge in [0.2, 0.25) is 0 Å². The van der Waals surface area contributed by atoms with Crippen LogP contribution < -0.4 is 10.1 Å². The van der Waals surface area contributed by atoms with Crippen molar-refractivity contribution in [2.24, 2.45) is 0 Å². The van der Waals surface area contributed by atoms with Gasteiger partial charge < -0.3 is 10.1 Å². The Morgan fingerprint density at radius 2 is 2.22 bits per heavy atom. The zero-order chi connectivity index (χ0) is 13.5. The number of ether oxygens (including phenoxy) is 1. The molecule has 5 heteroatoms. The van der Waals surface area contributed by atoms with Crippen LogP contribution >= 0.6 is 34.8 Å². The molecule has 1 aromatic rings. The summed E-state index contributed by atoms with van der Waals surface area (Å²) in [6, 6.07) is 5.96. The summed E-state index contributed by atoms with van der Waals surface area (Å²) in [6.45, 7) is 5.28. The summed E-state index contributed by atoms with van der Waals surface area (Å²) in [5.41, 5.74) is 2.39. The first-order valence-electron chi connectivity index (χ1n) is 5.68. The molecule has 1 unspecified atom stereocenters. The smallest absolute Gasteiger partial charge is 0.138 e. The van der Waals surface area contributed by atoms with Crippen molar-refractivity contribution in [3.05, 3.63) is 39.4 Å². The number of benzene rings is 1. The SMILES string of the molecule is CCNC(C)c1ccc(OC/C(Cl)=C/Cl)c(Cl)c1. The summed E-state index contributed by atoms with van der Waals surface area (Å²) >= 11 is 17.3. The van der Waals surface area contributed by atoms with E-state index >= 15 is 0 Å². The van der Waals surface area contributed by atoms with E-state index in [4.69, 9.17) is 39.5 Å². The summed E-state index contributed by atoms with van der Waals surface area (Å²) in [4.78, 5) is 0. The largest absolute Gasteiger partial charge is 0.486 e. The molecule has 0 aliphatic heterocycles. The Labute approximate surface area is 123 Å². The molecule has 0 spiro atoms. The molecule has 1 aromatic carbocycles. The van der Waals surface area contributed by atoms with Crippen LogP contribution in [0.3, 0.4) is 0 Å². The summed E-state index contributed by atoms with van der Waals surface area (Å²) in [6.07, 6.45) is 0. The molecule has 18 heavy (non-hydrogen) atoms. The van der Waals surface area contributed by atoms with Crippen molar-refractivity contribution >= 4 is 34.8 Å². The second kappa shape index (κ2) is 7.90. The minimum Gasteiger partial charge on any atom is -0.486 e. The number of rotatable bonds is 6. The molecule has 0 amide bonds. The first-order valence-corrected chi connectivity index (χ1v) is 6.88. The van der Waals surface area contributed by atoms with E-state index in [0.717, 1.165) is 12.1 Å². The molecule has 0 fully saturated rings. The van der Waals surface area contributed by atoms with E-state index in [1.807, 2.05) is 18.2 Å². The Balaban J connectivity index is 2.73. The van der Waals surface area contributed by atoms with Crippen LogP contribution in [0, 0.1) is 0 Å². The fourth-order valence-corrected chi connectivity index (χ4v) is 1.87. The summed E-state index contributed by atoms with van der Waals surface area (Å²) in [5, 5.41) is 4.32. The van der Waals surface area contributed by atoms with Crippen LogP contribution in [0.4, 0.5) is 0 Å². The molecule has 1 rings (SSSR count). The van der Waals surface area contributed by atoms with Crippen LogP contribution in [-0.2, 0) is 0 Å². The summed E-state index contributed by atoms with van der Waals surface area (Å²) in [7, 11) is 0. The van der Waals surface area contributed by atoms with Crippen molar-refractivity contribution in [3.63, 3.8) is 0 Å². The number of nitrogens with one attached hydrogen (secondary N) is 1. The van der Waals surface area contributed by atoms with Gasteiger partial charge in [-0.2, -0.15) is 0 Å². The maximum Gasteiger partial charge on any atom is 0.138 e. The quantitative estimate of drug-likeness (QED) is 0.822. The van der Waals surface area contributed by atoms with Gasteiger partial charge >= 0.3 is 0 Å². The predicted molar refractivity (Wildman–Crippen MR) is 78.8 cm³/mol. The van der Waals surface area contributed by atoms with Crippen LogP contribution in [0.1, 0.15) is 25.5 Å². The van der Waals surface area contributed by atoms with E-state index < -0.39 is 0 Å². The topological polar surface area (TPSA) is 21.3 Å². The predicted octanol–water partition coefficient (Wildman–Crippen LogP) is 4.71. The van der Waals surface area contributed by atoms with Crippen LogP contribution in [0.25, 0.3) is 0 Å². The molecule has 0 bridgehead atoms. The zero-order valence-electron chi connectivity index (χ0n) is 10.3. The van der Waals surface area contributed by atoms with E-state index in [2.05, 4.69) is 19.2 Å². The first kappa shape index (κ1) is 15.6. The lowest BCUT2D eigenvalue weighted by atomic mass is 10.1. The third-order valence-corrected chi connectivity index (χ3v) is 3.34. The van der Waals surface area contributed by atoms with Crippen molar-refractivity contribution in [1.82, 2.24) is 5.32 Å². The van der Waals surface area contributed by atoms with Crippen LogP contribution in [-0.4, -0.2) is 13.2 Å². The highest BCUT2D eigenvalue weighted by Crippen LogP contribution is 2.28. The fourth-order valence-electron chi connectivity index (χ4n) is 1.51. The van der Waals surface area contributed by atoms with E-state index in [-0.39, 0.29) is 12.6 Å². The minimum absolute atomic E-state index is 0.215. The normalized spacial score (nSPS) is 13.5. The fraction of sp³-hybridized carbons (Fsp3) is 0.385. The Kier molecular flexibility index (Phi) is 6.87. The summed E-state index contributed by atoms with van der Waals surface area (Å²) < 4.78 is 5.45. The van der Waals surface area contributed by atoms with Gasteiger partial charge in [-0.3, -0.25) is 0 Å². The second-order valence-electron chi connectivity index (χ2n) is 3.81. The van der Waals surface area contributed by atoms with Crippen molar-refractivity contribution in [2.45, 2.75) is 19.9 Å². The molecule has 1 N–H and O–H groups in total. The highest BCUT2D eigenvalue weighted by Gasteiger charge is 2.08. The molecular weight excluding hydrogens is 293 g/mol. The average Bonchev–Trinajstić information content (AvgIpc) is 2.37. The van der Waals surface area contributed by atoms with E-state index in [9.17, 15) is 0 Å². The van der Waals surface area contributed by atoms with Gasteiger partial charge in [0.15, 0.2) is 0 Å². The lowest BCUT2D eigenvalue weighted by Crippen LogP contribution is -2.17. The monoisotopic (exact) mass is 307 g/mol.